The van der Waals surface area contributed by atoms with E-state index in [1.54, 1.807) is 0 Å². The standard InChI is InChI=1S/C72H52N2/c1-45-15-5-7-17-55(45)49-27-31-51(32-28-49)73(69-41-39-65-61-21-11-9-19-59(61)63-23-13-25-67(69)71(63)65)53-35-37-57(47(3)43-53)58-38-36-54(44-48(58)4)74(52-33-29-50(30-34-52)56-18-8-6-16-46(56)2)70-42-40-66-62-22-12-10-20-60(62)64-24-14-26-68(70)72(64)66/h5-44H,1-4H3. The van der Waals surface area contributed by atoms with E-state index in [0.717, 1.165) is 34.1 Å². The topological polar surface area (TPSA) is 6.48 Å². The molecule has 12 aromatic carbocycles. The van der Waals surface area contributed by atoms with Crippen molar-refractivity contribution < 1.29 is 0 Å². The summed E-state index contributed by atoms with van der Waals surface area (Å²) < 4.78 is 0. The second kappa shape index (κ2) is 17.2. The summed E-state index contributed by atoms with van der Waals surface area (Å²) in [5, 5.41) is 5.11. The van der Waals surface area contributed by atoms with Crippen molar-refractivity contribution in [1.29, 1.82) is 0 Å². The van der Waals surface area contributed by atoms with Gasteiger partial charge >= 0.3 is 0 Å². The van der Waals surface area contributed by atoms with Crippen molar-refractivity contribution in [2.45, 2.75) is 27.7 Å². The van der Waals surface area contributed by atoms with Crippen molar-refractivity contribution in [2.24, 2.45) is 0 Å². The number of hydrogen-bond acceptors (Lipinski definition) is 2. The quantitative estimate of drug-likeness (QED) is 0.142. The van der Waals surface area contributed by atoms with Gasteiger partial charge in [-0.25, -0.2) is 0 Å². The molecule has 2 nitrogen and oxygen atoms in total. The van der Waals surface area contributed by atoms with Crippen LogP contribution >= 0.6 is 0 Å². The molecular formula is C72H52N2. The van der Waals surface area contributed by atoms with Gasteiger partial charge in [0.25, 0.3) is 0 Å². The largest absolute Gasteiger partial charge is 0.310 e. The number of hydrogen-bond donors (Lipinski definition) is 0. The molecule has 0 bridgehead atoms. The smallest absolute Gasteiger partial charge is 0.0540 e. The maximum absolute atomic E-state index is 2.46. The molecule has 74 heavy (non-hydrogen) atoms. The van der Waals surface area contributed by atoms with Crippen LogP contribution in [-0.2, 0) is 0 Å². The van der Waals surface area contributed by atoms with Crippen LogP contribution in [0.4, 0.5) is 34.1 Å². The fourth-order valence-corrected chi connectivity index (χ4v) is 12.4. The zero-order valence-corrected chi connectivity index (χ0v) is 42.0. The third-order valence-corrected chi connectivity index (χ3v) is 15.9. The molecule has 0 heterocycles. The lowest BCUT2D eigenvalue weighted by Gasteiger charge is -2.29. The van der Waals surface area contributed by atoms with Gasteiger partial charge in [-0.15, -0.1) is 0 Å². The van der Waals surface area contributed by atoms with Crippen LogP contribution < -0.4 is 9.80 Å². The summed E-state index contributed by atoms with van der Waals surface area (Å²) in [6.45, 7) is 8.91. The maximum atomic E-state index is 2.46. The Kier molecular flexibility index (Phi) is 10.1. The van der Waals surface area contributed by atoms with E-state index in [9.17, 15) is 0 Å². The van der Waals surface area contributed by atoms with Crippen molar-refractivity contribution in [3.8, 4) is 77.9 Å². The summed E-state index contributed by atoms with van der Waals surface area (Å²) in [6, 6.07) is 90.2. The Bertz CT molecular complexity index is 3900. The first-order chi connectivity index (χ1) is 36.4. The lowest BCUT2D eigenvalue weighted by molar-refractivity contribution is 1.27. The predicted octanol–water partition coefficient (Wildman–Crippen LogP) is 20.5. The fourth-order valence-electron chi connectivity index (χ4n) is 12.4. The molecule has 0 aliphatic heterocycles. The van der Waals surface area contributed by atoms with Gasteiger partial charge in [0.05, 0.1) is 11.4 Å². The predicted molar refractivity (Wildman–Crippen MR) is 315 cm³/mol. The van der Waals surface area contributed by atoms with Gasteiger partial charge in [0, 0.05) is 33.5 Å². The van der Waals surface area contributed by atoms with Crippen molar-refractivity contribution in [3.63, 3.8) is 0 Å². The Labute approximate surface area is 433 Å². The van der Waals surface area contributed by atoms with Crippen LogP contribution in [0.2, 0.25) is 0 Å². The Hall–Kier alpha value is -9.24. The summed E-state index contributed by atoms with van der Waals surface area (Å²) in [5.41, 5.74) is 29.6. The highest BCUT2D eigenvalue weighted by Gasteiger charge is 2.27. The van der Waals surface area contributed by atoms with Gasteiger partial charge in [-0.1, -0.05) is 182 Å². The monoisotopic (exact) mass is 944 g/mol. The second-order valence-electron chi connectivity index (χ2n) is 20.2. The van der Waals surface area contributed by atoms with Crippen LogP contribution in [0.5, 0.6) is 0 Å². The normalized spacial score (nSPS) is 11.8. The highest BCUT2D eigenvalue weighted by molar-refractivity contribution is 6.20. The van der Waals surface area contributed by atoms with E-state index in [1.165, 1.54) is 122 Å². The lowest BCUT2D eigenvalue weighted by Crippen LogP contribution is -2.11. The molecule has 2 aliphatic carbocycles. The van der Waals surface area contributed by atoms with E-state index >= 15 is 0 Å². The van der Waals surface area contributed by atoms with Crippen molar-refractivity contribution in [2.75, 3.05) is 9.80 Å². The lowest BCUT2D eigenvalue weighted by atomic mass is 9.94. The number of rotatable bonds is 9. The van der Waals surface area contributed by atoms with Crippen LogP contribution in [-0.4, -0.2) is 0 Å². The van der Waals surface area contributed by atoms with Gasteiger partial charge in [0.15, 0.2) is 0 Å². The van der Waals surface area contributed by atoms with E-state index in [1.807, 2.05) is 0 Å². The SMILES string of the molecule is Cc1ccccc1-c1ccc(N(c2ccc(-c3ccc(N(c4ccc(-c5ccccc5C)cc4)c4ccc5c6c(cccc46)-c4ccccc4-5)cc3C)c(C)c2)c2ccc3c4c(cccc24)-c2ccccc2-3)cc1. The second-order valence-corrected chi connectivity index (χ2v) is 20.2. The molecule has 0 unspecified atom stereocenters. The van der Waals surface area contributed by atoms with E-state index < -0.39 is 0 Å². The Morgan fingerprint density at radius 2 is 0.527 bits per heavy atom. The number of anilines is 6. The van der Waals surface area contributed by atoms with Gasteiger partial charge in [-0.2, -0.15) is 0 Å². The van der Waals surface area contributed by atoms with Gasteiger partial charge in [-0.05, 0) is 199 Å². The summed E-state index contributed by atoms with van der Waals surface area (Å²) in [6.07, 6.45) is 0. The van der Waals surface area contributed by atoms with Crippen LogP contribution in [0, 0.1) is 27.7 Å². The molecule has 0 atom stereocenters. The van der Waals surface area contributed by atoms with Crippen molar-refractivity contribution in [3.05, 3.63) is 265 Å². The summed E-state index contributed by atoms with van der Waals surface area (Å²) >= 11 is 0. The zero-order valence-electron chi connectivity index (χ0n) is 42.0. The van der Waals surface area contributed by atoms with Crippen LogP contribution in [0.3, 0.4) is 0 Å². The third kappa shape index (κ3) is 6.86. The summed E-state index contributed by atoms with van der Waals surface area (Å²) in [7, 11) is 0. The molecule has 2 aliphatic rings. The van der Waals surface area contributed by atoms with Gasteiger partial charge in [0.1, 0.15) is 0 Å². The zero-order chi connectivity index (χ0) is 49.6. The third-order valence-electron chi connectivity index (χ3n) is 15.9. The minimum absolute atomic E-state index is 1.12. The average molecular weight is 945 g/mol. The highest BCUT2D eigenvalue weighted by atomic mass is 15.1. The Balaban J connectivity index is 0.878. The van der Waals surface area contributed by atoms with Crippen molar-refractivity contribution >= 4 is 55.7 Å². The first kappa shape index (κ1) is 43.5. The molecule has 0 aromatic heterocycles. The highest BCUT2D eigenvalue weighted by Crippen LogP contribution is 2.53. The minimum Gasteiger partial charge on any atom is -0.310 e. The molecule has 0 saturated heterocycles. The molecule has 0 saturated carbocycles. The van der Waals surface area contributed by atoms with Gasteiger partial charge in [0.2, 0.25) is 0 Å². The molecule has 0 fully saturated rings. The number of nitrogens with zero attached hydrogens (tertiary/aromatic N) is 2. The first-order valence-corrected chi connectivity index (χ1v) is 25.8. The molecule has 2 heteroatoms. The number of fused-ring (bicyclic) bond motifs is 6. The molecule has 0 amide bonds. The van der Waals surface area contributed by atoms with Gasteiger partial charge < -0.3 is 9.80 Å². The van der Waals surface area contributed by atoms with E-state index in [2.05, 4.69) is 280 Å². The van der Waals surface area contributed by atoms with Crippen LogP contribution in [0.25, 0.3) is 99.4 Å². The molecule has 14 rings (SSSR count). The molecule has 0 radical (unpaired) electrons. The van der Waals surface area contributed by atoms with E-state index in [-0.39, 0.29) is 0 Å². The number of benzene rings is 12. The first-order valence-electron chi connectivity index (χ1n) is 25.8. The van der Waals surface area contributed by atoms with E-state index in [0.29, 0.717) is 0 Å². The molecule has 350 valence electrons. The molecular weight excluding hydrogens is 893 g/mol. The Morgan fingerprint density at radius 1 is 0.216 bits per heavy atom. The molecule has 0 N–H and O–H groups in total. The Morgan fingerprint density at radius 3 is 0.892 bits per heavy atom. The van der Waals surface area contributed by atoms with Crippen LogP contribution in [0.15, 0.2) is 243 Å². The number of aryl methyl sites for hydroxylation is 4. The minimum atomic E-state index is 1.12. The molecule has 0 spiro atoms. The molecule has 12 aromatic rings. The van der Waals surface area contributed by atoms with Crippen molar-refractivity contribution in [1.82, 2.24) is 0 Å². The maximum Gasteiger partial charge on any atom is 0.0540 e. The average Bonchev–Trinajstić information content (AvgIpc) is 4.01. The summed E-state index contributed by atoms with van der Waals surface area (Å²) in [5.74, 6) is 0. The summed E-state index contributed by atoms with van der Waals surface area (Å²) in [4.78, 5) is 4.91. The van der Waals surface area contributed by atoms with Crippen LogP contribution in [0.1, 0.15) is 22.3 Å². The van der Waals surface area contributed by atoms with Gasteiger partial charge in [-0.3, -0.25) is 0 Å². The fraction of sp³-hybridized carbons (Fsp3) is 0.0556. The van der Waals surface area contributed by atoms with E-state index in [4.69, 9.17) is 0 Å².